The van der Waals surface area contributed by atoms with Crippen molar-refractivity contribution in [3.05, 3.63) is 35.4 Å². The number of carbonyl (C=O) groups excluding carboxylic acids is 1. The number of carbonyl (C=O) groups is 1. The smallest absolute Gasteiger partial charge is 0.224 e. The van der Waals surface area contributed by atoms with Crippen molar-refractivity contribution in [3.63, 3.8) is 0 Å². The van der Waals surface area contributed by atoms with Gasteiger partial charge in [0.1, 0.15) is 0 Å². The van der Waals surface area contributed by atoms with Crippen LogP contribution >= 0.6 is 0 Å². The highest BCUT2D eigenvalue weighted by molar-refractivity contribution is 5.79. The lowest BCUT2D eigenvalue weighted by Crippen LogP contribution is -2.44. The summed E-state index contributed by atoms with van der Waals surface area (Å²) < 4.78 is 0. The SMILES string of the molecule is Cc1ccccc1CC(=O)N[C@@H](CCO)C(C)(C)C. The van der Waals surface area contributed by atoms with E-state index in [2.05, 4.69) is 26.1 Å². The van der Waals surface area contributed by atoms with E-state index in [1.807, 2.05) is 31.2 Å². The maximum absolute atomic E-state index is 12.1. The first-order valence-electron chi connectivity index (χ1n) is 6.79. The number of hydrogen-bond acceptors (Lipinski definition) is 2. The molecule has 106 valence electrons. The molecule has 1 rings (SSSR count). The van der Waals surface area contributed by atoms with E-state index >= 15 is 0 Å². The first-order valence-corrected chi connectivity index (χ1v) is 6.79. The molecule has 1 amide bonds. The number of benzene rings is 1. The molecule has 19 heavy (non-hydrogen) atoms. The molecule has 0 spiro atoms. The van der Waals surface area contributed by atoms with Crippen molar-refractivity contribution >= 4 is 5.91 Å². The molecule has 0 saturated heterocycles. The van der Waals surface area contributed by atoms with Gasteiger partial charge in [-0.25, -0.2) is 0 Å². The number of nitrogens with one attached hydrogen (secondary N) is 1. The zero-order chi connectivity index (χ0) is 14.5. The molecule has 0 fully saturated rings. The number of rotatable bonds is 5. The Bertz CT molecular complexity index is 421. The van der Waals surface area contributed by atoms with E-state index < -0.39 is 0 Å². The van der Waals surface area contributed by atoms with E-state index in [1.54, 1.807) is 0 Å². The normalized spacial score (nSPS) is 13.1. The van der Waals surface area contributed by atoms with E-state index in [4.69, 9.17) is 5.11 Å². The van der Waals surface area contributed by atoms with Crippen LogP contribution in [-0.2, 0) is 11.2 Å². The molecule has 0 aliphatic heterocycles. The fraction of sp³-hybridized carbons (Fsp3) is 0.562. The fourth-order valence-corrected chi connectivity index (χ4v) is 2.08. The van der Waals surface area contributed by atoms with Crippen molar-refractivity contribution in [2.75, 3.05) is 6.61 Å². The summed E-state index contributed by atoms with van der Waals surface area (Å²) in [7, 11) is 0. The van der Waals surface area contributed by atoms with Crippen LogP contribution in [0.3, 0.4) is 0 Å². The van der Waals surface area contributed by atoms with Crippen LogP contribution < -0.4 is 5.32 Å². The van der Waals surface area contributed by atoms with Gasteiger partial charge >= 0.3 is 0 Å². The molecule has 0 aromatic heterocycles. The van der Waals surface area contributed by atoms with E-state index in [0.29, 0.717) is 12.8 Å². The van der Waals surface area contributed by atoms with Gasteiger partial charge in [-0.05, 0) is 29.9 Å². The lowest BCUT2D eigenvalue weighted by molar-refractivity contribution is -0.122. The van der Waals surface area contributed by atoms with Crippen LogP contribution in [0.25, 0.3) is 0 Å². The van der Waals surface area contributed by atoms with Crippen LogP contribution in [0.1, 0.15) is 38.3 Å². The number of aliphatic hydroxyl groups excluding tert-OH is 1. The molecule has 0 aliphatic carbocycles. The van der Waals surface area contributed by atoms with E-state index in [1.165, 1.54) is 0 Å². The number of hydrogen-bond donors (Lipinski definition) is 2. The quantitative estimate of drug-likeness (QED) is 0.857. The molecule has 0 unspecified atom stereocenters. The predicted molar refractivity (Wildman–Crippen MR) is 78.0 cm³/mol. The van der Waals surface area contributed by atoms with Gasteiger partial charge in [0, 0.05) is 12.6 Å². The highest BCUT2D eigenvalue weighted by Gasteiger charge is 2.25. The Labute approximate surface area is 116 Å². The summed E-state index contributed by atoms with van der Waals surface area (Å²) in [6, 6.07) is 7.91. The summed E-state index contributed by atoms with van der Waals surface area (Å²) in [6.07, 6.45) is 0.980. The Kier molecular flexibility index (Phi) is 5.55. The topological polar surface area (TPSA) is 49.3 Å². The molecule has 1 atom stereocenters. The van der Waals surface area contributed by atoms with Gasteiger partial charge in [-0.3, -0.25) is 4.79 Å². The van der Waals surface area contributed by atoms with Crippen molar-refractivity contribution in [1.82, 2.24) is 5.32 Å². The molecule has 1 aromatic rings. The number of aryl methyl sites for hydroxylation is 1. The Morgan fingerprint density at radius 2 is 1.95 bits per heavy atom. The molecule has 1 aromatic carbocycles. The molecule has 2 N–H and O–H groups in total. The van der Waals surface area contributed by atoms with E-state index in [0.717, 1.165) is 11.1 Å². The summed E-state index contributed by atoms with van der Waals surface area (Å²) in [5.74, 6) is 0.0164. The van der Waals surface area contributed by atoms with Crippen molar-refractivity contribution in [2.24, 2.45) is 5.41 Å². The van der Waals surface area contributed by atoms with Gasteiger partial charge in [0.05, 0.1) is 6.42 Å². The zero-order valence-electron chi connectivity index (χ0n) is 12.4. The molecule has 3 heteroatoms. The second-order valence-electron chi connectivity index (χ2n) is 6.10. The van der Waals surface area contributed by atoms with Gasteiger partial charge in [-0.2, -0.15) is 0 Å². The minimum absolute atomic E-state index is 0.00554. The fourth-order valence-electron chi connectivity index (χ4n) is 2.08. The third-order valence-electron chi connectivity index (χ3n) is 3.41. The Hall–Kier alpha value is -1.35. The standard InChI is InChI=1S/C16H25NO2/c1-12-7-5-6-8-13(12)11-15(19)17-14(9-10-18)16(2,3)4/h5-8,14,18H,9-11H2,1-4H3,(H,17,19)/t14-/m0/s1. The first kappa shape index (κ1) is 15.7. The molecule has 0 bridgehead atoms. The van der Waals surface area contributed by atoms with Crippen LogP contribution in [0.5, 0.6) is 0 Å². The van der Waals surface area contributed by atoms with Crippen molar-refractivity contribution in [2.45, 2.75) is 46.6 Å². The van der Waals surface area contributed by atoms with Gasteiger partial charge in [-0.1, -0.05) is 45.0 Å². The third-order valence-corrected chi connectivity index (χ3v) is 3.41. The largest absolute Gasteiger partial charge is 0.396 e. The van der Waals surface area contributed by atoms with Crippen molar-refractivity contribution in [3.8, 4) is 0 Å². The maximum Gasteiger partial charge on any atom is 0.224 e. The van der Waals surface area contributed by atoms with Gasteiger partial charge in [-0.15, -0.1) is 0 Å². The predicted octanol–water partition coefficient (Wildman–Crippen LogP) is 2.45. The van der Waals surface area contributed by atoms with E-state index in [9.17, 15) is 4.79 Å². The highest BCUT2D eigenvalue weighted by Crippen LogP contribution is 2.21. The molecular formula is C16H25NO2. The average molecular weight is 263 g/mol. The van der Waals surface area contributed by atoms with Crippen LogP contribution in [-0.4, -0.2) is 23.7 Å². The lowest BCUT2D eigenvalue weighted by Gasteiger charge is -2.31. The van der Waals surface area contributed by atoms with Crippen molar-refractivity contribution in [1.29, 1.82) is 0 Å². The second-order valence-corrected chi connectivity index (χ2v) is 6.10. The summed E-state index contributed by atoms with van der Waals surface area (Å²) >= 11 is 0. The molecule has 0 radical (unpaired) electrons. The molecule has 0 aliphatic rings. The number of amides is 1. The van der Waals surface area contributed by atoms with Gasteiger partial charge in [0.25, 0.3) is 0 Å². The van der Waals surface area contributed by atoms with Gasteiger partial charge in [0.15, 0.2) is 0 Å². The monoisotopic (exact) mass is 263 g/mol. The van der Waals surface area contributed by atoms with Crippen LogP contribution in [0.4, 0.5) is 0 Å². The van der Waals surface area contributed by atoms with E-state index in [-0.39, 0.29) is 24.0 Å². The van der Waals surface area contributed by atoms with Gasteiger partial charge in [0.2, 0.25) is 5.91 Å². The molecule has 3 nitrogen and oxygen atoms in total. The Balaban J connectivity index is 2.66. The van der Waals surface area contributed by atoms with Gasteiger partial charge < -0.3 is 10.4 Å². The Morgan fingerprint density at radius 1 is 1.32 bits per heavy atom. The van der Waals surface area contributed by atoms with Crippen molar-refractivity contribution < 1.29 is 9.90 Å². The Morgan fingerprint density at radius 3 is 2.47 bits per heavy atom. The van der Waals surface area contributed by atoms with Crippen LogP contribution in [0.2, 0.25) is 0 Å². The molecule has 0 saturated carbocycles. The number of aliphatic hydroxyl groups is 1. The summed E-state index contributed by atoms with van der Waals surface area (Å²) in [5.41, 5.74) is 2.13. The third kappa shape index (κ3) is 5.03. The van der Waals surface area contributed by atoms with Crippen LogP contribution in [0, 0.1) is 12.3 Å². The summed E-state index contributed by atoms with van der Waals surface area (Å²) in [5, 5.41) is 12.1. The summed E-state index contributed by atoms with van der Waals surface area (Å²) in [6.45, 7) is 8.31. The first-order chi connectivity index (χ1) is 8.84. The molecule has 0 heterocycles. The highest BCUT2D eigenvalue weighted by atomic mass is 16.3. The minimum Gasteiger partial charge on any atom is -0.396 e. The lowest BCUT2D eigenvalue weighted by atomic mass is 9.84. The zero-order valence-corrected chi connectivity index (χ0v) is 12.4. The average Bonchev–Trinajstić information content (AvgIpc) is 2.30. The minimum atomic E-state index is -0.0515. The second kappa shape index (κ2) is 6.71. The van der Waals surface area contributed by atoms with Crippen LogP contribution in [0.15, 0.2) is 24.3 Å². The maximum atomic E-state index is 12.1. The molecular weight excluding hydrogens is 238 g/mol. The summed E-state index contributed by atoms with van der Waals surface area (Å²) in [4.78, 5) is 12.1.